The Labute approximate surface area is 148 Å². The predicted molar refractivity (Wildman–Crippen MR) is 96.8 cm³/mol. The number of hydrogen-bond donors (Lipinski definition) is 1. The van der Waals surface area contributed by atoms with E-state index >= 15 is 0 Å². The molecule has 1 N–H and O–H groups in total. The number of carbonyl (C=O) groups is 2. The van der Waals surface area contributed by atoms with Gasteiger partial charge in [-0.2, -0.15) is 12.7 Å². The van der Waals surface area contributed by atoms with Crippen LogP contribution in [-0.2, 0) is 15.0 Å². The van der Waals surface area contributed by atoms with Crippen LogP contribution in [0.5, 0.6) is 0 Å². The lowest BCUT2D eigenvalue weighted by molar-refractivity contribution is -0.125. The van der Waals surface area contributed by atoms with Crippen molar-refractivity contribution in [1.29, 1.82) is 0 Å². The van der Waals surface area contributed by atoms with E-state index in [-0.39, 0.29) is 11.9 Å². The number of imide groups is 1. The fourth-order valence-electron chi connectivity index (χ4n) is 2.85. The maximum Gasteiger partial charge on any atom is 0.331 e. The molecule has 1 saturated heterocycles. The van der Waals surface area contributed by atoms with Crippen LogP contribution < -0.4 is 9.62 Å². The van der Waals surface area contributed by atoms with Crippen molar-refractivity contribution in [3.05, 3.63) is 23.8 Å². The largest absolute Gasteiger partial charge is 0.331 e. The minimum atomic E-state index is -3.66. The molecule has 25 heavy (non-hydrogen) atoms. The summed E-state index contributed by atoms with van der Waals surface area (Å²) in [5, 5.41) is 0. The summed E-state index contributed by atoms with van der Waals surface area (Å²) in [5.74, 6) is -0.302. The molecule has 138 valence electrons. The molecule has 0 aliphatic carbocycles. The average molecular weight is 368 g/mol. The van der Waals surface area contributed by atoms with Crippen molar-refractivity contribution in [2.24, 2.45) is 0 Å². The van der Waals surface area contributed by atoms with Gasteiger partial charge in [0.1, 0.15) is 0 Å². The Morgan fingerprint density at radius 2 is 1.88 bits per heavy atom. The molecule has 1 aliphatic rings. The maximum absolute atomic E-state index is 12.4. The van der Waals surface area contributed by atoms with E-state index in [2.05, 4.69) is 4.72 Å². The topological polar surface area (TPSA) is 90.0 Å². The van der Waals surface area contributed by atoms with Crippen molar-refractivity contribution in [3.8, 4) is 0 Å². The van der Waals surface area contributed by atoms with Crippen molar-refractivity contribution < 1.29 is 18.0 Å². The highest BCUT2D eigenvalue weighted by atomic mass is 32.2. The van der Waals surface area contributed by atoms with E-state index < -0.39 is 10.2 Å². The van der Waals surface area contributed by atoms with Crippen LogP contribution in [-0.4, -0.2) is 55.7 Å². The van der Waals surface area contributed by atoms with Crippen molar-refractivity contribution in [1.82, 2.24) is 9.21 Å². The Morgan fingerprint density at radius 1 is 1.24 bits per heavy atom. The van der Waals surface area contributed by atoms with E-state index in [1.165, 1.54) is 21.0 Å². The second-order valence-corrected chi connectivity index (χ2v) is 7.42. The molecule has 0 bridgehead atoms. The number of hydrogen-bond acceptors (Lipinski definition) is 4. The Kier molecular flexibility index (Phi) is 5.69. The zero-order chi connectivity index (χ0) is 18.8. The first-order valence-corrected chi connectivity index (χ1v) is 9.64. The monoisotopic (exact) mass is 368 g/mol. The van der Waals surface area contributed by atoms with E-state index in [1.807, 2.05) is 0 Å². The third-order valence-electron chi connectivity index (χ3n) is 4.27. The van der Waals surface area contributed by atoms with Crippen molar-refractivity contribution in [3.63, 3.8) is 0 Å². The number of benzene rings is 1. The van der Waals surface area contributed by atoms with Gasteiger partial charge in [0, 0.05) is 33.1 Å². The molecule has 1 aromatic rings. The lowest BCUT2D eigenvalue weighted by atomic mass is 10.1. The van der Waals surface area contributed by atoms with Crippen LogP contribution in [0.3, 0.4) is 0 Å². The highest BCUT2D eigenvalue weighted by Gasteiger charge is 2.33. The van der Waals surface area contributed by atoms with Gasteiger partial charge in [0.2, 0.25) is 5.91 Å². The van der Waals surface area contributed by atoms with Gasteiger partial charge < -0.3 is 0 Å². The van der Waals surface area contributed by atoms with E-state index in [0.29, 0.717) is 43.1 Å². The molecule has 2 rings (SSSR count). The van der Waals surface area contributed by atoms with Gasteiger partial charge in [-0.3, -0.25) is 19.3 Å². The summed E-state index contributed by atoms with van der Waals surface area (Å²) < 4.78 is 28.8. The molecule has 1 heterocycles. The van der Waals surface area contributed by atoms with E-state index in [1.54, 1.807) is 39.0 Å². The first-order chi connectivity index (χ1) is 11.7. The molecule has 1 aromatic carbocycles. The number of anilines is 2. The number of nitrogens with one attached hydrogen (secondary N) is 1. The van der Waals surface area contributed by atoms with Gasteiger partial charge in [-0.15, -0.1) is 0 Å². The van der Waals surface area contributed by atoms with Crippen LogP contribution in [0.1, 0.15) is 26.3 Å². The predicted octanol–water partition coefficient (Wildman–Crippen LogP) is 1.78. The van der Waals surface area contributed by atoms with Crippen LogP contribution in [0, 0.1) is 6.92 Å². The molecule has 0 aromatic heterocycles. The first kappa shape index (κ1) is 19.2. The van der Waals surface area contributed by atoms with Gasteiger partial charge in [-0.1, -0.05) is 19.9 Å². The van der Waals surface area contributed by atoms with Crippen molar-refractivity contribution >= 4 is 33.5 Å². The van der Waals surface area contributed by atoms with Gasteiger partial charge >= 0.3 is 16.2 Å². The zero-order valence-electron chi connectivity index (χ0n) is 14.9. The summed E-state index contributed by atoms with van der Waals surface area (Å²) in [6.07, 6.45) is 0. The van der Waals surface area contributed by atoms with Crippen molar-refractivity contribution in [2.75, 3.05) is 35.8 Å². The Hall–Kier alpha value is -2.13. The number of urea groups is 1. The summed E-state index contributed by atoms with van der Waals surface area (Å²) in [6, 6.07) is 4.70. The van der Waals surface area contributed by atoms with Crippen LogP contribution in [0.4, 0.5) is 16.2 Å². The van der Waals surface area contributed by atoms with Crippen LogP contribution in [0.15, 0.2) is 18.2 Å². The third-order valence-corrected chi connectivity index (χ3v) is 5.94. The molecule has 0 radical (unpaired) electrons. The summed E-state index contributed by atoms with van der Waals surface area (Å²) in [5.41, 5.74) is 1.64. The molecule has 9 heteroatoms. The lowest BCUT2D eigenvalue weighted by Crippen LogP contribution is -2.36. The van der Waals surface area contributed by atoms with E-state index in [9.17, 15) is 18.0 Å². The second kappa shape index (κ2) is 7.40. The number of amides is 3. The van der Waals surface area contributed by atoms with Crippen LogP contribution in [0.2, 0.25) is 0 Å². The first-order valence-electron chi connectivity index (χ1n) is 8.20. The van der Waals surface area contributed by atoms with E-state index in [0.717, 1.165) is 0 Å². The quantitative estimate of drug-likeness (QED) is 0.829. The van der Waals surface area contributed by atoms with Crippen molar-refractivity contribution in [2.45, 2.75) is 27.7 Å². The molecule has 1 aliphatic heterocycles. The third kappa shape index (κ3) is 3.77. The van der Waals surface area contributed by atoms with Crippen LogP contribution in [0.25, 0.3) is 0 Å². The zero-order valence-corrected chi connectivity index (χ0v) is 15.8. The fraction of sp³-hybridized carbons (Fsp3) is 0.500. The summed E-state index contributed by atoms with van der Waals surface area (Å²) >= 11 is 0. The molecule has 1 fully saturated rings. The molecular weight excluding hydrogens is 344 g/mol. The molecular formula is C16H24N4O4S. The normalized spacial score (nSPS) is 15.2. The molecule has 0 atom stereocenters. The Bertz CT molecular complexity index is 774. The van der Waals surface area contributed by atoms with Gasteiger partial charge in [-0.05, 0) is 24.6 Å². The number of carbonyl (C=O) groups excluding carboxylic acids is 2. The average Bonchev–Trinajstić information content (AvgIpc) is 2.92. The minimum absolute atomic E-state index is 0.302. The summed E-state index contributed by atoms with van der Waals surface area (Å²) in [7, 11) is -3.66. The van der Waals surface area contributed by atoms with Gasteiger partial charge in [-0.25, -0.2) is 4.79 Å². The highest BCUT2D eigenvalue weighted by Crippen LogP contribution is 2.30. The summed E-state index contributed by atoms with van der Waals surface area (Å²) in [6.45, 7) is 8.07. The molecule has 3 amide bonds. The molecule has 0 saturated carbocycles. The standard InChI is InChI=1S/C16H24N4O4S/c1-5-18(6-2)25(23,24)17-14-8-7-9-15(12(14)3)20-11-10-19(13(4)21)16(20)22/h7-9,17H,5-6,10-11H2,1-4H3. The molecule has 0 spiro atoms. The van der Waals surface area contributed by atoms with E-state index in [4.69, 9.17) is 0 Å². The Morgan fingerprint density at radius 3 is 2.40 bits per heavy atom. The fourth-order valence-corrected chi connectivity index (χ4v) is 4.15. The molecule has 0 unspecified atom stereocenters. The van der Waals surface area contributed by atoms with Gasteiger partial charge in [0.25, 0.3) is 0 Å². The number of nitrogens with zero attached hydrogens (tertiary/aromatic N) is 3. The van der Waals surface area contributed by atoms with Gasteiger partial charge in [0.05, 0.1) is 11.4 Å². The van der Waals surface area contributed by atoms with Gasteiger partial charge in [0.15, 0.2) is 0 Å². The maximum atomic E-state index is 12.4. The lowest BCUT2D eigenvalue weighted by Gasteiger charge is -2.23. The smallest absolute Gasteiger partial charge is 0.292 e. The highest BCUT2D eigenvalue weighted by molar-refractivity contribution is 7.90. The number of rotatable bonds is 6. The van der Waals surface area contributed by atoms with Crippen LogP contribution >= 0.6 is 0 Å². The Balaban J connectivity index is 2.32. The second-order valence-electron chi connectivity index (χ2n) is 5.75. The minimum Gasteiger partial charge on any atom is -0.292 e. The SMILES string of the molecule is CCN(CC)S(=O)(=O)Nc1cccc(N2CCN(C(C)=O)C2=O)c1C. The summed E-state index contributed by atoms with van der Waals surface area (Å²) in [4.78, 5) is 26.5. The molecule has 8 nitrogen and oxygen atoms in total.